The van der Waals surface area contributed by atoms with E-state index in [1.165, 1.54) is 60.9 Å². The highest BCUT2D eigenvalue weighted by atomic mass is 15.3. The molecule has 0 unspecified atom stereocenters. The number of nitrogens with zero attached hydrogens (tertiary/aromatic N) is 5. The maximum absolute atomic E-state index is 5.05. The molecule has 0 saturated carbocycles. The molecule has 230 valence electrons. The van der Waals surface area contributed by atoms with E-state index in [4.69, 9.17) is 4.98 Å². The van der Waals surface area contributed by atoms with Crippen molar-refractivity contribution in [3.63, 3.8) is 0 Å². The summed E-state index contributed by atoms with van der Waals surface area (Å²) < 4.78 is 4.62. The Morgan fingerprint density at radius 3 is 2.23 bits per heavy atom. The first-order valence-electron chi connectivity index (χ1n) is 16.6. The molecule has 0 fully saturated rings. The molecule has 0 saturated heterocycles. The number of hydrogen-bond acceptors (Lipinski definition) is 3. The number of imidazole rings is 1. The molecule has 48 heavy (non-hydrogen) atoms. The Morgan fingerprint density at radius 2 is 1.33 bits per heavy atom. The summed E-state index contributed by atoms with van der Waals surface area (Å²) >= 11 is 0. The Balaban J connectivity index is 1.16. The van der Waals surface area contributed by atoms with Crippen LogP contribution in [0, 0.1) is 0 Å². The van der Waals surface area contributed by atoms with Crippen molar-refractivity contribution in [1.29, 1.82) is 0 Å². The fraction of sp³-hybridized carbons (Fsp3) is 0.0930. The van der Waals surface area contributed by atoms with Crippen LogP contribution >= 0.6 is 0 Å². The topological polar surface area (TPSA) is 29.2 Å². The van der Waals surface area contributed by atoms with Crippen LogP contribution in [0.25, 0.3) is 72.2 Å². The van der Waals surface area contributed by atoms with E-state index >= 15 is 0 Å². The SMILES string of the molecule is CN1C=CN(c2cccc(-n3c4ccc(-c5ccc6c(c5)Cc5ccccc5-6)cc4c4ccc(-c5nc6ccccc6n5C)cc43)c2)C1. The number of fused-ring (bicyclic) bond motifs is 7. The molecule has 10 rings (SSSR count). The Morgan fingerprint density at radius 1 is 0.542 bits per heavy atom. The third-order valence-corrected chi connectivity index (χ3v) is 10.2. The van der Waals surface area contributed by atoms with E-state index in [-0.39, 0.29) is 0 Å². The van der Waals surface area contributed by atoms with E-state index in [0.717, 1.165) is 41.2 Å². The molecule has 6 aromatic carbocycles. The normalized spacial score (nSPS) is 13.7. The lowest BCUT2D eigenvalue weighted by molar-refractivity contribution is 0.496. The molecule has 5 nitrogen and oxygen atoms in total. The summed E-state index contributed by atoms with van der Waals surface area (Å²) in [5.41, 5.74) is 16.0. The number of hydrogen-bond donors (Lipinski definition) is 0. The second-order valence-electron chi connectivity index (χ2n) is 13.2. The van der Waals surface area contributed by atoms with Gasteiger partial charge in [-0.1, -0.05) is 78.9 Å². The number of para-hydroxylation sites is 2. The van der Waals surface area contributed by atoms with Gasteiger partial charge in [0.15, 0.2) is 0 Å². The Bertz CT molecular complexity index is 2620. The molecule has 0 atom stereocenters. The van der Waals surface area contributed by atoms with Crippen LogP contribution in [0.15, 0.2) is 140 Å². The average Bonchev–Trinajstić information content (AvgIpc) is 3.89. The molecular weight excluding hydrogens is 587 g/mol. The van der Waals surface area contributed by atoms with Gasteiger partial charge in [-0.05, 0) is 88.3 Å². The van der Waals surface area contributed by atoms with Crippen LogP contribution in [-0.2, 0) is 13.5 Å². The van der Waals surface area contributed by atoms with Gasteiger partial charge >= 0.3 is 0 Å². The Hall–Kier alpha value is -6.07. The molecule has 2 aromatic heterocycles. The maximum atomic E-state index is 5.05. The molecule has 8 aromatic rings. The van der Waals surface area contributed by atoms with Crippen molar-refractivity contribution >= 4 is 38.5 Å². The molecule has 0 bridgehead atoms. The number of aryl methyl sites for hydroxylation is 1. The summed E-state index contributed by atoms with van der Waals surface area (Å²) in [6.07, 6.45) is 5.26. The smallest absolute Gasteiger partial charge is 0.140 e. The van der Waals surface area contributed by atoms with Crippen molar-refractivity contribution in [1.82, 2.24) is 19.0 Å². The predicted octanol–water partition coefficient (Wildman–Crippen LogP) is 9.76. The van der Waals surface area contributed by atoms with Gasteiger partial charge in [-0.25, -0.2) is 4.98 Å². The minimum absolute atomic E-state index is 0.836. The minimum atomic E-state index is 0.836. The molecule has 1 aliphatic carbocycles. The average molecular weight is 620 g/mol. The molecule has 0 amide bonds. The first kappa shape index (κ1) is 27.1. The van der Waals surface area contributed by atoms with Crippen LogP contribution in [0.1, 0.15) is 11.1 Å². The fourth-order valence-corrected chi connectivity index (χ4v) is 7.85. The van der Waals surface area contributed by atoms with Crippen molar-refractivity contribution in [2.75, 3.05) is 18.6 Å². The van der Waals surface area contributed by atoms with Gasteiger partial charge in [-0.2, -0.15) is 0 Å². The summed E-state index contributed by atoms with van der Waals surface area (Å²) in [6, 6.07) is 46.8. The molecule has 2 aliphatic rings. The summed E-state index contributed by atoms with van der Waals surface area (Å²) in [5, 5.41) is 2.48. The molecule has 0 radical (unpaired) electrons. The van der Waals surface area contributed by atoms with E-state index in [0.29, 0.717) is 0 Å². The number of aromatic nitrogens is 3. The van der Waals surface area contributed by atoms with Gasteiger partial charge in [0, 0.05) is 54.2 Å². The van der Waals surface area contributed by atoms with Crippen LogP contribution < -0.4 is 4.90 Å². The van der Waals surface area contributed by atoms with Gasteiger partial charge in [0.05, 0.1) is 28.7 Å². The molecular formula is C43H33N5. The van der Waals surface area contributed by atoms with Crippen LogP contribution in [0.5, 0.6) is 0 Å². The number of benzene rings is 6. The largest absolute Gasteiger partial charge is 0.361 e. The van der Waals surface area contributed by atoms with Crippen molar-refractivity contribution < 1.29 is 0 Å². The van der Waals surface area contributed by atoms with E-state index in [9.17, 15) is 0 Å². The van der Waals surface area contributed by atoms with E-state index in [2.05, 4.69) is 173 Å². The molecule has 3 heterocycles. The van der Waals surface area contributed by atoms with Crippen LogP contribution in [-0.4, -0.2) is 32.7 Å². The monoisotopic (exact) mass is 619 g/mol. The zero-order valence-corrected chi connectivity index (χ0v) is 26.9. The van der Waals surface area contributed by atoms with Gasteiger partial charge < -0.3 is 18.9 Å². The van der Waals surface area contributed by atoms with Crippen LogP contribution in [0.3, 0.4) is 0 Å². The first-order valence-corrected chi connectivity index (χ1v) is 16.6. The lowest BCUT2D eigenvalue weighted by Gasteiger charge is -2.19. The fourth-order valence-electron chi connectivity index (χ4n) is 7.85. The second kappa shape index (κ2) is 10.2. The quantitative estimate of drug-likeness (QED) is 0.196. The number of rotatable bonds is 4. The van der Waals surface area contributed by atoms with Crippen LogP contribution in [0.4, 0.5) is 5.69 Å². The maximum Gasteiger partial charge on any atom is 0.140 e. The molecule has 1 aliphatic heterocycles. The van der Waals surface area contributed by atoms with Crippen LogP contribution in [0.2, 0.25) is 0 Å². The van der Waals surface area contributed by atoms with E-state index in [1.54, 1.807) is 0 Å². The zero-order valence-electron chi connectivity index (χ0n) is 26.9. The van der Waals surface area contributed by atoms with E-state index in [1.807, 2.05) is 0 Å². The molecule has 5 heteroatoms. The lowest BCUT2D eigenvalue weighted by atomic mass is 9.98. The highest BCUT2D eigenvalue weighted by Crippen LogP contribution is 2.41. The summed E-state index contributed by atoms with van der Waals surface area (Å²) in [6.45, 7) is 0.836. The lowest BCUT2D eigenvalue weighted by Crippen LogP contribution is -2.21. The van der Waals surface area contributed by atoms with E-state index < -0.39 is 0 Å². The summed E-state index contributed by atoms with van der Waals surface area (Å²) in [5.74, 6) is 0.966. The summed E-state index contributed by atoms with van der Waals surface area (Å²) in [4.78, 5) is 9.53. The molecule has 0 N–H and O–H groups in total. The summed E-state index contributed by atoms with van der Waals surface area (Å²) in [7, 11) is 4.21. The third kappa shape index (κ3) is 4.07. The highest BCUT2D eigenvalue weighted by Gasteiger charge is 2.21. The van der Waals surface area contributed by atoms with Gasteiger partial charge in [0.1, 0.15) is 5.82 Å². The Kier molecular flexibility index (Phi) is 5.76. The van der Waals surface area contributed by atoms with Gasteiger partial charge in [-0.3, -0.25) is 0 Å². The first-order chi connectivity index (χ1) is 23.6. The zero-order chi connectivity index (χ0) is 31.9. The van der Waals surface area contributed by atoms with Gasteiger partial charge in [0.25, 0.3) is 0 Å². The van der Waals surface area contributed by atoms with Crippen molar-refractivity contribution in [2.24, 2.45) is 7.05 Å². The minimum Gasteiger partial charge on any atom is -0.361 e. The predicted molar refractivity (Wildman–Crippen MR) is 198 cm³/mol. The van der Waals surface area contributed by atoms with Gasteiger partial charge in [0.2, 0.25) is 0 Å². The third-order valence-electron chi connectivity index (χ3n) is 10.2. The molecule has 0 spiro atoms. The van der Waals surface area contributed by atoms with Crippen molar-refractivity contribution in [3.8, 4) is 39.3 Å². The second-order valence-corrected chi connectivity index (χ2v) is 13.2. The number of anilines is 1. The van der Waals surface area contributed by atoms with Crippen molar-refractivity contribution in [2.45, 2.75) is 6.42 Å². The highest BCUT2D eigenvalue weighted by molar-refractivity contribution is 6.11. The Labute approximate surface area is 279 Å². The van der Waals surface area contributed by atoms with Gasteiger partial charge in [-0.15, -0.1) is 0 Å². The standard InChI is InChI=1S/C43H33N5/c1-45-20-21-47(27-45)33-9-7-10-34(26-33)48-40-19-16-29(28-14-17-36-32(22-28)23-30-8-3-4-11-35(30)36)24-38(40)37-18-15-31(25-42(37)48)43-44-39-12-5-6-13-41(39)46(43)2/h3-22,24-26H,23,27H2,1-2H3. The van der Waals surface area contributed by atoms with Crippen molar-refractivity contribution in [3.05, 3.63) is 151 Å².